The van der Waals surface area contributed by atoms with E-state index in [9.17, 15) is 0 Å². The molecule has 9 heavy (non-hydrogen) atoms. The van der Waals surface area contributed by atoms with Gasteiger partial charge in [-0.3, -0.25) is 4.99 Å². The number of aliphatic imine (C=N–C) groups is 1. The Morgan fingerprint density at radius 2 is 2.33 bits per heavy atom. The van der Waals surface area contributed by atoms with E-state index in [-0.39, 0.29) is 0 Å². The van der Waals surface area contributed by atoms with Gasteiger partial charge in [0.2, 0.25) is 0 Å². The molecule has 0 aromatic carbocycles. The van der Waals surface area contributed by atoms with Crippen LogP contribution in [-0.2, 0) is 4.74 Å². The maximum absolute atomic E-state index is 5.07. The van der Waals surface area contributed by atoms with Gasteiger partial charge in [-0.25, -0.2) is 0 Å². The Morgan fingerprint density at radius 3 is 2.78 bits per heavy atom. The summed E-state index contributed by atoms with van der Waals surface area (Å²) in [4.78, 5) is 4.08. The van der Waals surface area contributed by atoms with Crippen molar-refractivity contribution in [1.29, 1.82) is 0 Å². The summed E-state index contributed by atoms with van der Waals surface area (Å²) in [5, 5.41) is 0.900. The van der Waals surface area contributed by atoms with Crippen molar-refractivity contribution in [2.24, 2.45) is 4.99 Å². The molecule has 0 saturated carbocycles. The zero-order valence-corrected chi connectivity index (χ0v) is 7.44. The Balaban J connectivity index is 3.30. The van der Waals surface area contributed by atoms with Crippen molar-refractivity contribution in [3.05, 3.63) is 0 Å². The lowest BCUT2D eigenvalue weighted by Gasteiger charge is -1.98. The van der Waals surface area contributed by atoms with Crippen LogP contribution in [0.3, 0.4) is 0 Å². The summed E-state index contributed by atoms with van der Waals surface area (Å²) in [6, 6.07) is 0. The summed E-state index contributed by atoms with van der Waals surface area (Å²) in [5.41, 5.74) is 0. The minimum absolute atomic E-state index is 0.706. The molecule has 54 valence electrons. The minimum atomic E-state index is 0.706. The summed E-state index contributed by atoms with van der Waals surface area (Å²) in [5.74, 6) is 0.775. The lowest BCUT2D eigenvalue weighted by Crippen LogP contribution is -1.99. The van der Waals surface area contributed by atoms with E-state index in [1.54, 1.807) is 0 Å². The fourth-order valence-corrected chi connectivity index (χ4v) is 0.632. The van der Waals surface area contributed by atoms with Crippen molar-refractivity contribution in [1.82, 2.24) is 0 Å². The first-order chi connectivity index (χ1) is 4.31. The summed E-state index contributed by atoms with van der Waals surface area (Å²) < 4.78 is 5.07. The molecule has 0 aliphatic carbocycles. The van der Waals surface area contributed by atoms with Gasteiger partial charge in [0.15, 0.2) is 5.90 Å². The highest BCUT2D eigenvalue weighted by Gasteiger charge is 1.85. The molecule has 2 nitrogen and oxygen atoms in total. The zero-order valence-electron chi connectivity index (χ0n) is 5.85. The van der Waals surface area contributed by atoms with Crippen LogP contribution in [-0.4, -0.2) is 24.4 Å². The molecule has 0 atom stereocenters. The lowest BCUT2D eigenvalue weighted by molar-refractivity contribution is 0.323. The topological polar surface area (TPSA) is 21.6 Å². The Kier molecular flexibility index (Phi) is 6.04. The number of nitrogens with zero attached hydrogens (tertiary/aromatic N) is 1. The molecule has 0 spiro atoms. The lowest BCUT2D eigenvalue weighted by atomic mass is 10.7. The maximum atomic E-state index is 5.07. The number of alkyl halides is 1. The molecule has 0 N–H and O–H groups in total. The third-order valence-corrected chi connectivity index (χ3v) is 1.13. The second kappa shape index (κ2) is 6.08. The third kappa shape index (κ3) is 5.83. The smallest absolute Gasteiger partial charge is 0.179 e. The van der Waals surface area contributed by atoms with Crippen molar-refractivity contribution in [3.8, 4) is 0 Å². The van der Waals surface area contributed by atoms with Crippen LogP contribution in [0.1, 0.15) is 13.8 Å². The number of halogens is 1. The van der Waals surface area contributed by atoms with Crippen molar-refractivity contribution in [2.75, 3.05) is 18.5 Å². The van der Waals surface area contributed by atoms with Crippen molar-refractivity contribution in [2.45, 2.75) is 13.8 Å². The van der Waals surface area contributed by atoms with Gasteiger partial charge in [-0.2, -0.15) is 0 Å². The van der Waals surface area contributed by atoms with Crippen LogP contribution in [0.5, 0.6) is 0 Å². The monoisotopic (exact) mass is 193 g/mol. The normalized spacial score (nSPS) is 11.7. The summed E-state index contributed by atoms with van der Waals surface area (Å²) in [7, 11) is 0. The van der Waals surface area contributed by atoms with Crippen LogP contribution >= 0.6 is 15.9 Å². The number of hydrogen-bond acceptors (Lipinski definition) is 2. The number of rotatable bonds is 3. The van der Waals surface area contributed by atoms with E-state index < -0.39 is 0 Å². The van der Waals surface area contributed by atoms with Crippen LogP contribution in [0.15, 0.2) is 4.99 Å². The second-order valence-electron chi connectivity index (χ2n) is 1.52. The fourth-order valence-electron chi connectivity index (χ4n) is 0.454. The average molecular weight is 194 g/mol. The van der Waals surface area contributed by atoms with Gasteiger partial charge < -0.3 is 4.74 Å². The first-order valence-corrected chi connectivity index (χ1v) is 4.13. The average Bonchev–Trinajstić information content (AvgIpc) is 1.85. The number of ether oxygens (including phenoxy) is 1. The van der Waals surface area contributed by atoms with Crippen LogP contribution in [0.25, 0.3) is 0 Å². The van der Waals surface area contributed by atoms with E-state index in [1.165, 1.54) is 0 Å². The molecule has 0 saturated heterocycles. The van der Waals surface area contributed by atoms with Gasteiger partial charge in [0.1, 0.15) is 0 Å². The Bertz CT molecular complexity index is 93.1. The standard InChI is InChI=1S/C6H12BrNO/c1-3-9-6(2)8-5-4-7/h3-5H2,1-2H3. The first kappa shape index (κ1) is 8.95. The highest BCUT2D eigenvalue weighted by molar-refractivity contribution is 9.09. The van der Waals surface area contributed by atoms with Gasteiger partial charge in [-0.15, -0.1) is 0 Å². The molecule has 0 aromatic heterocycles. The fraction of sp³-hybridized carbons (Fsp3) is 0.833. The van der Waals surface area contributed by atoms with Crippen LogP contribution in [0, 0.1) is 0 Å². The second-order valence-corrected chi connectivity index (χ2v) is 2.32. The molecule has 0 fully saturated rings. The molecule has 0 aliphatic rings. The van der Waals surface area contributed by atoms with Crippen molar-refractivity contribution >= 4 is 21.8 Å². The molecular weight excluding hydrogens is 182 g/mol. The van der Waals surface area contributed by atoms with Gasteiger partial charge in [-0.1, -0.05) is 15.9 Å². The van der Waals surface area contributed by atoms with E-state index in [4.69, 9.17) is 4.74 Å². The summed E-state index contributed by atoms with van der Waals surface area (Å²) in [6.07, 6.45) is 0. The van der Waals surface area contributed by atoms with E-state index in [0.717, 1.165) is 17.8 Å². The highest BCUT2D eigenvalue weighted by atomic mass is 79.9. The van der Waals surface area contributed by atoms with Crippen LogP contribution in [0.4, 0.5) is 0 Å². The quantitative estimate of drug-likeness (QED) is 0.381. The molecule has 0 radical (unpaired) electrons. The van der Waals surface area contributed by atoms with Crippen molar-refractivity contribution in [3.63, 3.8) is 0 Å². The van der Waals surface area contributed by atoms with E-state index in [0.29, 0.717) is 6.61 Å². The predicted molar refractivity (Wildman–Crippen MR) is 43.4 cm³/mol. The van der Waals surface area contributed by atoms with Crippen LogP contribution in [0.2, 0.25) is 0 Å². The molecule has 0 aromatic rings. The van der Waals surface area contributed by atoms with E-state index in [1.807, 2.05) is 13.8 Å². The maximum Gasteiger partial charge on any atom is 0.179 e. The predicted octanol–water partition coefficient (Wildman–Crippen LogP) is 1.84. The Morgan fingerprint density at radius 1 is 1.67 bits per heavy atom. The zero-order chi connectivity index (χ0) is 7.11. The van der Waals surface area contributed by atoms with Crippen molar-refractivity contribution < 1.29 is 4.74 Å². The molecule has 0 heterocycles. The largest absolute Gasteiger partial charge is 0.481 e. The molecule has 0 bridgehead atoms. The minimum Gasteiger partial charge on any atom is -0.481 e. The molecule has 3 heteroatoms. The molecule has 0 amide bonds. The summed E-state index contributed by atoms with van der Waals surface area (Å²) in [6.45, 7) is 5.32. The molecule has 0 rings (SSSR count). The van der Waals surface area contributed by atoms with Gasteiger partial charge in [-0.05, 0) is 6.92 Å². The van der Waals surface area contributed by atoms with Gasteiger partial charge in [0.05, 0.1) is 13.2 Å². The van der Waals surface area contributed by atoms with E-state index in [2.05, 4.69) is 20.9 Å². The van der Waals surface area contributed by atoms with Gasteiger partial charge >= 0.3 is 0 Å². The summed E-state index contributed by atoms with van der Waals surface area (Å²) >= 11 is 3.27. The van der Waals surface area contributed by atoms with Gasteiger partial charge in [0, 0.05) is 12.3 Å². The molecular formula is C6H12BrNO. The van der Waals surface area contributed by atoms with Gasteiger partial charge in [0.25, 0.3) is 0 Å². The number of hydrogen-bond donors (Lipinski definition) is 0. The molecule has 0 unspecified atom stereocenters. The first-order valence-electron chi connectivity index (χ1n) is 3.01. The van der Waals surface area contributed by atoms with E-state index >= 15 is 0 Å². The molecule has 0 aliphatic heterocycles. The SMILES string of the molecule is CCOC(C)=NCCBr. The third-order valence-electron chi connectivity index (χ3n) is 0.772. The Labute approximate surface area is 64.4 Å². The highest BCUT2D eigenvalue weighted by Crippen LogP contribution is 1.84. The van der Waals surface area contributed by atoms with Crippen LogP contribution < -0.4 is 0 Å². The Hall–Kier alpha value is -0.0500.